The van der Waals surface area contributed by atoms with Crippen molar-refractivity contribution in [3.05, 3.63) is 39.9 Å². The molecule has 0 unspecified atom stereocenters. The molecule has 0 aliphatic heterocycles. The van der Waals surface area contributed by atoms with E-state index in [2.05, 4.69) is 5.10 Å². The lowest BCUT2D eigenvalue weighted by Gasteiger charge is -2.07. The molecule has 0 aliphatic carbocycles. The zero-order valence-corrected chi connectivity index (χ0v) is 10.2. The zero-order chi connectivity index (χ0) is 15.1. The van der Waals surface area contributed by atoms with E-state index in [1.54, 1.807) is 0 Å². The number of hydrogen-bond acceptors (Lipinski definition) is 4. The van der Waals surface area contributed by atoms with Crippen molar-refractivity contribution in [1.82, 2.24) is 9.78 Å². The molecule has 6 nitrogen and oxygen atoms in total. The first-order chi connectivity index (χ1) is 9.20. The van der Waals surface area contributed by atoms with Gasteiger partial charge in [0.1, 0.15) is 11.5 Å². The molecule has 0 spiro atoms. The van der Waals surface area contributed by atoms with Crippen molar-refractivity contribution in [3.8, 4) is 11.3 Å². The van der Waals surface area contributed by atoms with Crippen LogP contribution in [0, 0.1) is 10.1 Å². The van der Waals surface area contributed by atoms with E-state index >= 15 is 0 Å². The van der Waals surface area contributed by atoms with Gasteiger partial charge in [0.05, 0.1) is 16.1 Å². The molecule has 1 heterocycles. The molecule has 0 fully saturated rings. The Morgan fingerprint density at radius 1 is 1.35 bits per heavy atom. The van der Waals surface area contributed by atoms with Gasteiger partial charge in [0.25, 0.3) is 5.69 Å². The number of nitro groups is 1. The van der Waals surface area contributed by atoms with Crippen molar-refractivity contribution >= 4 is 11.5 Å². The number of rotatable bonds is 2. The third-order valence-electron chi connectivity index (χ3n) is 2.71. The number of nitro benzene ring substituents is 1. The summed E-state index contributed by atoms with van der Waals surface area (Å²) < 4.78 is 39.0. The molecule has 2 aromatic rings. The predicted molar refractivity (Wildman–Crippen MR) is 64.7 cm³/mol. The largest absolute Gasteiger partial charge is 0.416 e. The average molecular weight is 286 g/mol. The maximum Gasteiger partial charge on any atom is 0.416 e. The quantitative estimate of drug-likeness (QED) is 0.679. The SMILES string of the molecule is Cn1nc(-c2ccc(C(F)(F)F)cc2[N+](=O)[O-])cc1N. The second-order valence-electron chi connectivity index (χ2n) is 4.06. The molecule has 0 atom stereocenters. The van der Waals surface area contributed by atoms with E-state index in [0.29, 0.717) is 6.07 Å². The van der Waals surface area contributed by atoms with Crippen LogP contribution in [-0.2, 0) is 13.2 Å². The Balaban J connectivity index is 2.62. The summed E-state index contributed by atoms with van der Waals surface area (Å²) in [6.07, 6.45) is -4.65. The Labute approximate surface area is 110 Å². The Hall–Kier alpha value is -2.58. The van der Waals surface area contributed by atoms with Crippen LogP contribution in [0.5, 0.6) is 0 Å². The minimum atomic E-state index is -4.65. The highest BCUT2D eigenvalue weighted by molar-refractivity contribution is 5.73. The summed E-state index contributed by atoms with van der Waals surface area (Å²) in [6.45, 7) is 0. The molecule has 2 N–H and O–H groups in total. The van der Waals surface area contributed by atoms with E-state index in [9.17, 15) is 23.3 Å². The standard InChI is InChI=1S/C11H9F3N4O2/c1-17-10(15)5-8(16-17)7-3-2-6(11(12,13)14)4-9(7)18(19)20/h2-5H,15H2,1H3. The molecule has 1 aromatic carbocycles. The minimum absolute atomic E-state index is 0.0182. The summed E-state index contributed by atoms with van der Waals surface area (Å²) >= 11 is 0. The summed E-state index contributed by atoms with van der Waals surface area (Å²) in [5.41, 5.74) is 3.92. The van der Waals surface area contributed by atoms with Gasteiger partial charge in [-0.2, -0.15) is 18.3 Å². The summed E-state index contributed by atoms with van der Waals surface area (Å²) in [5, 5.41) is 14.9. The molecule has 2 rings (SSSR count). The molecule has 20 heavy (non-hydrogen) atoms. The van der Waals surface area contributed by atoms with Crippen molar-refractivity contribution in [3.63, 3.8) is 0 Å². The van der Waals surface area contributed by atoms with Crippen LogP contribution in [0.15, 0.2) is 24.3 Å². The van der Waals surface area contributed by atoms with Gasteiger partial charge in [-0.1, -0.05) is 0 Å². The Morgan fingerprint density at radius 3 is 2.45 bits per heavy atom. The first-order valence-electron chi connectivity index (χ1n) is 5.35. The second-order valence-corrected chi connectivity index (χ2v) is 4.06. The fourth-order valence-corrected chi connectivity index (χ4v) is 1.69. The fourth-order valence-electron chi connectivity index (χ4n) is 1.69. The Morgan fingerprint density at radius 2 is 2.00 bits per heavy atom. The minimum Gasteiger partial charge on any atom is -0.384 e. The van der Waals surface area contributed by atoms with Gasteiger partial charge in [0, 0.05) is 19.2 Å². The maximum atomic E-state index is 12.6. The first-order valence-corrected chi connectivity index (χ1v) is 5.35. The zero-order valence-electron chi connectivity index (χ0n) is 10.2. The predicted octanol–water partition coefficient (Wildman–Crippen LogP) is 2.60. The van der Waals surface area contributed by atoms with Crippen molar-refractivity contribution in [1.29, 1.82) is 0 Å². The highest BCUT2D eigenvalue weighted by atomic mass is 19.4. The van der Waals surface area contributed by atoms with Gasteiger partial charge >= 0.3 is 6.18 Å². The lowest BCUT2D eigenvalue weighted by Crippen LogP contribution is -2.06. The highest BCUT2D eigenvalue weighted by Crippen LogP contribution is 2.36. The van der Waals surface area contributed by atoms with E-state index in [1.165, 1.54) is 17.8 Å². The molecule has 0 amide bonds. The number of nitrogen functional groups attached to an aromatic ring is 1. The van der Waals surface area contributed by atoms with Gasteiger partial charge in [-0.05, 0) is 12.1 Å². The Bertz CT molecular complexity index is 659. The molecule has 0 saturated heterocycles. The van der Waals surface area contributed by atoms with E-state index in [0.717, 1.165) is 12.1 Å². The van der Waals surface area contributed by atoms with Crippen LogP contribution in [0.3, 0.4) is 0 Å². The van der Waals surface area contributed by atoms with Gasteiger partial charge in [0.15, 0.2) is 0 Å². The molecule has 0 saturated carbocycles. The van der Waals surface area contributed by atoms with Gasteiger partial charge < -0.3 is 5.73 Å². The third-order valence-corrected chi connectivity index (χ3v) is 2.71. The number of aryl methyl sites for hydroxylation is 1. The maximum absolute atomic E-state index is 12.6. The smallest absolute Gasteiger partial charge is 0.384 e. The summed E-state index contributed by atoms with van der Waals surface area (Å²) in [6, 6.07) is 3.63. The van der Waals surface area contributed by atoms with Crippen molar-refractivity contribution in [2.75, 3.05) is 5.73 Å². The van der Waals surface area contributed by atoms with E-state index < -0.39 is 22.4 Å². The summed E-state index contributed by atoms with van der Waals surface area (Å²) in [4.78, 5) is 10.1. The van der Waals surface area contributed by atoms with Crippen LogP contribution in [0.4, 0.5) is 24.7 Å². The van der Waals surface area contributed by atoms with Crippen LogP contribution < -0.4 is 5.73 Å². The highest BCUT2D eigenvalue weighted by Gasteiger charge is 2.33. The van der Waals surface area contributed by atoms with E-state index in [-0.39, 0.29) is 17.1 Å². The summed E-state index contributed by atoms with van der Waals surface area (Å²) in [7, 11) is 1.52. The van der Waals surface area contributed by atoms with Crippen molar-refractivity contribution < 1.29 is 18.1 Å². The lowest BCUT2D eigenvalue weighted by molar-refractivity contribution is -0.384. The average Bonchev–Trinajstić information content (AvgIpc) is 2.67. The number of hydrogen-bond donors (Lipinski definition) is 1. The molecule has 0 aliphatic rings. The molecular formula is C11H9F3N4O2. The van der Waals surface area contributed by atoms with Crippen molar-refractivity contribution in [2.24, 2.45) is 7.05 Å². The monoisotopic (exact) mass is 286 g/mol. The molecule has 106 valence electrons. The molecule has 0 radical (unpaired) electrons. The van der Waals surface area contributed by atoms with Gasteiger partial charge in [-0.15, -0.1) is 0 Å². The van der Waals surface area contributed by atoms with E-state index in [4.69, 9.17) is 5.73 Å². The Kier molecular flexibility index (Phi) is 3.12. The van der Waals surface area contributed by atoms with Crippen LogP contribution in [0.1, 0.15) is 5.56 Å². The fraction of sp³-hybridized carbons (Fsp3) is 0.182. The first kappa shape index (κ1) is 13.8. The van der Waals surface area contributed by atoms with Crippen molar-refractivity contribution in [2.45, 2.75) is 6.18 Å². The van der Waals surface area contributed by atoms with E-state index in [1.807, 2.05) is 0 Å². The van der Waals surface area contributed by atoms with Crippen LogP contribution in [0.25, 0.3) is 11.3 Å². The molecule has 9 heteroatoms. The number of anilines is 1. The normalized spacial score (nSPS) is 11.6. The second kappa shape index (κ2) is 4.51. The molecule has 0 bridgehead atoms. The number of alkyl halides is 3. The molecule has 1 aromatic heterocycles. The summed E-state index contributed by atoms with van der Waals surface area (Å²) in [5.74, 6) is 0.245. The van der Waals surface area contributed by atoms with Gasteiger partial charge in [0.2, 0.25) is 0 Å². The van der Waals surface area contributed by atoms with Crippen LogP contribution in [-0.4, -0.2) is 14.7 Å². The number of benzene rings is 1. The third kappa shape index (κ3) is 2.42. The van der Waals surface area contributed by atoms with Gasteiger partial charge in [-0.25, -0.2) is 0 Å². The number of aromatic nitrogens is 2. The van der Waals surface area contributed by atoms with Gasteiger partial charge in [-0.3, -0.25) is 14.8 Å². The topological polar surface area (TPSA) is 87.0 Å². The molecular weight excluding hydrogens is 277 g/mol. The van der Waals surface area contributed by atoms with Crippen LogP contribution >= 0.6 is 0 Å². The number of nitrogens with zero attached hydrogens (tertiary/aromatic N) is 3. The van der Waals surface area contributed by atoms with Crippen LogP contribution in [0.2, 0.25) is 0 Å². The number of nitrogens with two attached hydrogens (primary N) is 1. The number of halogens is 3. The lowest BCUT2D eigenvalue weighted by atomic mass is 10.1.